The Kier molecular flexibility index (Phi) is 7.48. The Bertz CT molecular complexity index is 805. The normalized spacial score (nSPS) is 11.5. The highest BCUT2D eigenvalue weighted by Gasteiger charge is 2.16. The highest BCUT2D eigenvalue weighted by Crippen LogP contribution is 2.18. The topological polar surface area (TPSA) is 55.8 Å². The second-order valence-corrected chi connectivity index (χ2v) is 8.38. The van der Waals surface area contributed by atoms with Crippen LogP contribution in [0.2, 0.25) is 0 Å². The fourth-order valence-electron chi connectivity index (χ4n) is 2.54. The van der Waals surface area contributed by atoms with Gasteiger partial charge in [-0.25, -0.2) is 8.42 Å². The van der Waals surface area contributed by atoms with Crippen molar-refractivity contribution >= 4 is 9.84 Å². The Balaban J connectivity index is 1.75. The van der Waals surface area contributed by atoms with Gasteiger partial charge in [-0.2, -0.15) is 0 Å². The summed E-state index contributed by atoms with van der Waals surface area (Å²) < 4.78 is 35.8. The predicted molar refractivity (Wildman–Crippen MR) is 104 cm³/mol. The van der Waals surface area contributed by atoms with Crippen molar-refractivity contribution in [2.45, 2.75) is 18.2 Å². The van der Waals surface area contributed by atoms with Crippen LogP contribution in [0.5, 0.6) is 11.5 Å². The van der Waals surface area contributed by atoms with Gasteiger partial charge in [-0.1, -0.05) is 24.3 Å². The van der Waals surface area contributed by atoms with Crippen molar-refractivity contribution in [2.75, 3.05) is 39.6 Å². The van der Waals surface area contributed by atoms with Crippen LogP contribution >= 0.6 is 0 Å². The summed E-state index contributed by atoms with van der Waals surface area (Å²) in [6.45, 7) is 3.88. The van der Waals surface area contributed by atoms with Crippen LogP contribution in [0.4, 0.5) is 0 Å². The summed E-state index contributed by atoms with van der Waals surface area (Å²) in [5, 5.41) is 0. The molecule has 0 fully saturated rings. The van der Waals surface area contributed by atoms with E-state index in [1.807, 2.05) is 43.1 Å². The van der Waals surface area contributed by atoms with Crippen LogP contribution in [0.15, 0.2) is 53.4 Å². The van der Waals surface area contributed by atoms with Crippen LogP contribution in [0.3, 0.4) is 0 Å². The van der Waals surface area contributed by atoms with Crippen LogP contribution < -0.4 is 9.47 Å². The lowest BCUT2D eigenvalue weighted by atomic mass is 10.2. The average molecular weight is 378 g/mol. The maximum Gasteiger partial charge on any atom is 0.179 e. The molecule has 2 aromatic carbocycles. The third kappa shape index (κ3) is 6.04. The summed E-state index contributed by atoms with van der Waals surface area (Å²) in [4.78, 5) is 2.31. The van der Waals surface area contributed by atoms with E-state index in [0.29, 0.717) is 23.8 Å². The zero-order valence-corrected chi connectivity index (χ0v) is 16.5. The van der Waals surface area contributed by atoms with Gasteiger partial charge >= 0.3 is 0 Å². The van der Waals surface area contributed by atoms with Crippen molar-refractivity contribution in [3.05, 3.63) is 54.1 Å². The lowest BCUT2D eigenvalue weighted by molar-refractivity contribution is 0.267. The molecule has 0 unspecified atom stereocenters. The highest BCUT2D eigenvalue weighted by atomic mass is 32.2. The number of hydrogen-bond donors (Lipinski definition) is 0. The third-order valence-electron chi connectivity index (χ3n) is 4.18. The number of aryl methyl sites for hydroxylation is 1. The minimum Gasteiger partial charge on any atom is -0.497 e. The Labute approximate surface area is 156 Å². The number of nitrogens with zero attached hydrogens (tertiary/aromatic N) is 1. The molecule has 0 saturated heterocycles. The average Bonchev–Trinajstić information content (AvgIpc) is 2.65. The molecule has 0 saturated carbocycles. The molecule has 2 rings (SSSR count). The number of sulfone groups is 1. The molecule has 0 atom stereocenters. The summed E-state index contributed by atoms with van der Waals surface area (Å²) in [5.41, 5.74) is 1.12. The van der Waals surface area contributed by atoms with Crippen LogP contribution in [0, 0.1) is 6.92 Å². The highest BCUT2D eigenvalue weighted by molar-refractivity contribution is 7.91. The van der Waals surface area contributed by atoms with E-state index in [2.05, 4.69) is 0 Å². The van der Waals surface area contributed by atoms with Gasteiger partial charge in [0.2, 0.25) is 0 Å². The molecule has 0 spiro atoms. The molecule has 0 aliphatic rings. The molecule has 0 aromatic heterocycles. The largest absolute Gasteiger partial charge is 0.497 e. The van der Waals surface area contributed by atoms with E-state index < -0.39 is 9.84 Å². The summed E-state index contributed by atoms with van der Waals surface area (Å²) in [7, 11) is 0.132. The summed E-state index contributed by atoms with van der Waals surface area (Å²) in [6, 6.07) is 14.5. The molecule has 5 nitrogen and oxygen atoms in total. The van der Waals surface area contributed by atoms with Crippen molar-refractivity contribution in [3.63, 3.8) is 0 Å². The fourth-order valence-corrected chi connectivity index (χ4v) is 3.90. The van der Waals surface area contributed by atoms with E-state index in [9.17, 15) is 8.42 Å². The zero-order valence-electron chi connectivity index (χ0n) is 15.6. The molecule has 0 heterocycles. The predicted octanol–water partition coefficient (Wildman–Crippen LogP) is 3.18. The van der Waals surface area contributed by atoms with E-state index in [0.717, 1.165) is 24.3 Å². The minimum absolute atomic E-state index is 0.0787. The summed E-state index contributed by atoms with van der Waals surface area (Å²) in [6.07, 6.45) is 0.837. The van der Waals surface area contributed by atoms with Crippen molar-refractivity contribution in [3.8, 4) is 11.5 Å². The second-order valence-electron chi connectivity index (χ2n) is 6.27. The van der Waals surface area contributed by atoms with Crippen LogP contribution in [0.25, 0.3) is 0 Å². The van der Waals surface area contributed by atoms with Gasteiger partial charge in [-0.15, -0.1) is 0 Å². The Hall–Kier alpha value is -2.05. The van der Waals surface area contributed by atoms with E-state index in [1.54, 1.807) is 24.3 Å². The van der Waals surface area contributed by atoms with E-state index in [4.69, 9.17) is 9.47 Å². The minimum atomic E-state index is -3.32. The maximum atomic E-state index is 12.5. The smallest absolute Gasteiger partial charge is 0.179 e. The monoisotopic (exact) mass is 377 g/mol. The SMILES string of the molecule is COc1cccc(S(=O)(=O)CCN(C)CCCOc2ccccc2C)c1. The molecule has 0 aliphatic carbocycles. The number of ether oxygens (including phenoxy) is 2. The first-order chi connectivity index (χ1) is 12.4. The van der Waals surface area contributed by atoms with Crippen molar-refractivity contribution in [2.24, 2.45) is 0 Å². The molecular weight excluding hydrogens is 350 g/mol. The lowest BCUT2D eigenvalue weighted by Crippen LogP contribution is -2.27. The van der Waals surface area contributed by atoms with Gasteiger partial charge in [0.05, 0.1) is 24.4 Å². The van der Waals surface area contributed by atoms with Crippen molar-refractivity contribution in [1.82, 2.24) is 4.90 Å². The first-order valence-electron chi connectivity index (χ1n) is 8.66. The number of methoxy groups -OCH3 is 1. The first-order valence-corrected chi connectivity index (χ1v) is 10.3. The maximum absolute atomic E-state index is 12.5. The summed E-state index contributed by atoms with van der Waals surface area (Å²) >= 11 is 0. The Morgan fingerprint density at radius 3 is 2.54 bits per heavy atom. The van der Waals surface area contributed by atoms with E-state index in [1.165, 1.54) is 7.11 Å². The summed E-state index contributed by atoms with van der Waals surface area (Å²) in [5.74, 6) is 1.53. The second kappa shape index (κ2) is 9.59. The van der Waals surface area contributed by atoms with Gasteiger partial charge in [-0.05, 0) is 50.2 Å². The molecule has 0 N–H and O–H groups in total. The number of benzene rings is 2. The van der Waals surface area contributed by atoms with Crippen LogP contribution in [-0.4, -0.2) is 52.9 Å². The quantitative estimate of drug-likeness (QED) is 0.595. The van der Waals surface area contributed by atoms with Gasteiger partial charge in [0, 0.05) is 13.1 Å². The standard InChI is InChI=1S/C20H27NO4S/c1-17-8-4-5-11-20(17)25-14-7-12-21(2)13-15-26(22,23)19-10-6-9-18(16-19)24-3/h4-6,8-11,16H,7,12-15H2,1-3H3. The van der Waals surface area contributed by atoms with Gasteiger partial charge in [0.1, 0.15) is 11.5 Å². The molecule has 0 amide bonds. The third-order valence-corrected chi connectivity index (χ3v) is 5.87. The molecule has 0 radical (unpaired) electrons. The van der Waals surface area contributed by atoms with E-state index >= 15 is 0 Å². The Morgan fingerprint density at radius 2 is 1.81 bits per heavy atom. The molecule has 0 bridgehead atoms. The molecule has 2 aromatic rings. The number of rotatable bonds is 10. The van der Waals surface area contributed by atoms with Gasteiger partial charge in [0.25, 0.3) is 0 Å². The molecule has 0 aliphatic heterocycles. The van der Waals surface area contributed by atoms with Crippen molar-refractivity contribution in [1.29, 1.82) is 0 Å². The molecular formula is C20H27NO4S. The van der Waals surface area contributed by atoms with E-state index in [-0.39, 0.29) is 5.75 Å². The van der Waals surface area contributed by atoms with Crippen LogP contribution in [0.1, 0.15) is 12.0 Å². The fraction of sp³-hybridized carbons (Fsp3) is 0.400. The van der Waals surface area contributed by atoms with Gasteiger partial charge < -0.3 is 14.4 Å². The molecule has 6 heteroatoms. The van der Waals surface area contributed by atoms with Gasteiger partial charge in [0.15, 0.2) is 9.84 Å². The van der Waals surface area contributed by atoms with Crippen molar-refractivity contribution < 1.29 is 17.9 Å². The first kappa shape index (κ1) is 20.3. The van der Waals surface area contributed by atoms with Gasteiger partial charge in [-0.3, -0.25) is 0 Å². The number of hydrogen-bond acceptors (Lipinski definition) is 5. The van der Waals surface area contributed by atoms with Crippen LogP contribution in [-0.2, 0) is 9.84 Å². The molecule has 142 valence electrons. The Morgan fingerprint density at radius 1 is 1.04 bits per heavy atom. The lowest BCUT2D eigenvalue weighted by Gasteiger charge is -2.17. The molecule has 26 heavy (non-hydrogen) atoms. The number of para-hydroxylation sites is 1. The zero-order chi connectivity index (χ0) is 19.0.